The fourth-order valence-corrected chi connectivity index (χ4v) is 2.14. The predicted octanol–water partition coefficient (Wildman–Crippen LogP) is 2.24. The summed E-state index contributed by atoms with van der Waals surface area (Å²) >= 11 is 2.23. The maximum absolute atomic E-state index is 11.4. The Balaban J connectivity index is 2.41. The number of anilines is 2. The van der Waals surface area contributed by atoms with E-state index in [4.69, 9.17) is 0 Å². The van der Waals surface area contributed by atoms with Gasteiger partial charge in [-0.3, -0.25) is 4.79 Å². The van der Waals surface area contributed by atoms with E-state index in [1.807, 2.05) is 23.1 Å². The summed E-state index contributed by atoms with van der Waals surface area (Å²) in [4.78, 5) is 13.4. The molecule has 1 N–H and O–H groups in total. The number of fused-ring (bicyclic) bond motifs is 1. The van der Waals surface area contributed by atoms with Crippen LogP contribution in [0.5, 0.6) is 0 Å². The highest BCUT2D eigenvalue weighted by molar-refractivity contribution is 14.1. The van der Waals surface area contributed by atoms with E-state index in [0.29, 0.717) is 13.1 Å². The van der Waals surface area contributed by atoms with Gasteiger partial charge in [-0.05, 0) is 40.8 Å². The molecule has 15 heavy (non-hydrogen) atoms. The van der Waals surface area contributed by atoms with Crippen molar-refractivity contribution in [3.8, 4) is 0 Å². The molecule has 4 heteroatoms. The van der Waals surface area contributed by atoms with Crippen molar-refractivity contribution in [1.29, 1.82) is 0 Å². The van der Waals surface area contributed by atoms with Crippen LogP contribution in [0.3, 0.4) is 0 Å². The molecule has 1 aromatic rings. The van der Waals surface area contributed by atoms with Crippen molar-refractivity contribution in [2.24, 2.45) is 0 Å². The highest BCUT2D eigenvalue weighted by Crippen LogP contribution is 2.30. The van der Waals surface area contributed by atoms with Crippen LogP contribution in [-0.4, -0.2) is 19.0 Å². The lowest BCUT2D eigenvalue weighted by Gasteiger charge is -2.30. The lowest BCUT2D eigenvalue weighted by molar-refractivity contribution is -0.115. The monoisotopic (exact) mass is 314 g/mol. The molecule has 1 aliphatic heterocycles. The maximum Gasteiger partial charge on any atom is 0.243 e. The van der Waals surface area contributed by atoms with Gasteiger partial charge in [0, 0.05) is 10.1 Å². The minimum Gasteiger partial charge on any atom is -0.357 e. The van der Waals surface area contributed by atoms with E-state index in [-0.39, 0.29) is 5.91 Å². The van der Waals surface area contributed by atoms with E-state index in [1.54, 1.807) is 6.08 Å². The normalized spacial score (nSPS) is 14.5. The second-order valence-corrected chi connectivity index (χ2v) is 4.62. The largest absolute Gasteiger partial charge is 0.357 e. The van der Waals surface area contributed by atoms with Gasteiger partial charge >= 0.3 is 0 Å². The Labute approximate surface area is 102 Å². The summed E-state index contributed by atoms with van der Waals surface area (Å²) in [7, 11) is 0. The molecule has 2 rings (SSSR count). The van der Waals surface area contributed by atoms with Crippen LogP contribution in [0.4, 0.5) is 11.4 Å². The van der Waals surface area contributed by atoms with Crippen molar-refractivity contribution in [3.63, 3.8) is 0 Å². The summed E-state index contributed by atoms with van der Waals surface area (Å²) in [5, 5.41) is 2.87. The summed E-state index contributed by atoms with van der Waals surface area (Å²) in [6, 6.07) is 6.04. The molecule has 1 aliphatic rings. The molecule has 0 aromatic heterocycles. The number of amides is 1. The number of nitrogens with one attached hydrogen (secondary N) is 1. The first-order valence-electron chi connectivity index (χ1n) is 4.66. The molecule has 0 aliphatic carbocycles. The van der Waals surface area contributed by atoms with Gasteiger partial charge in [-0.25, -0.2) is 0 Å². The van der Waals surface area contributed by atoms with Crippen LogP contribution in [0, 0.1) is 3.57 Å². The zero-order valence-corrected chi connectivity index (χ0v) is 10.3. The van der Waals surface area contributed by atoms with Crippen LogP contribution in [0.2, 0.25) is 0 Å². The van der Waals surface area contributed by atoms with Gasteiger partial charge in [-0.1, -0.05) is 6.08 Å². The molecule has 78 valence electrons. The first kappa shape index (κ1) is 10.5. The summed E-state index contributed by atoms with van der Waals surface area (Å²) in [5.41, 5.74) is 1.95. The van der Waals surface area contributed by atoms with Gasteiger partial charge in [0.05, 0.1) is 17.9 Å². The maximum atomic E-state index is 11.4. The van der Waals surface area contributed by atoms with Crippen molar-refractivity contribution in [1.82, 2.24) is 0 Å². The predicted molar refractivity (Wildman–Crippen MR) is 70.2 cm³/mol. The van der Waals surface area contributed by atoms with Gasteiger partial charge in [-0.2, -0.15) is 0 Å². The van der Waals surface area contributed by atoms with Crippen LogP contribution < -0.4 is 10.2 Å². The Morgan fingerprint density at radius 2 is 2.40 bits per heavy atom. The van der Waals surface area contributed by atoms with Gasteiger partial charge in [0.15, 0.2) is 0 Å². The van der Waals surface area contributed by atoms with Crippen LogP contribution in [0.1, 0.15) is 0 Å². The molecule has 1 amide bonds. The first-order valence-corrected chi connectivity index (χ1v) is 5.74. The number of hydrogen-bond acceptors (Lipinski definition) is 2. The second-order valence-electron chi connectivity index (χ2n) is 3.38. The third kappa shape index (κ3) is 2.14. The van der Waals surface area contributed by atoms with Crippen molar-refractivity contribution >= 4 is 39.9 Å². The van der Waals surface area contributed by atoms with E-state index in [1.165, 1.54) is 0 Å². The average molecular weight is 314 g/mol. The lowest BCUT2D eigenvalue weighted by Crippen LogP contribution is -2.38. The molecule has 0 bridgehead atoms. The molecule has 1 aromatic carbocycles. The molecule has 0 radical (unpaired) electrons. The zero-order chi connectivity index (χ0) is 10.8. The van der Waals surface area contributed by atoms with Gasteiger partial charge in [0.2, 0.25) is 5.91 Å². The quantitative estimate of drug-likeness (QED) is 0.671. The van der Waals surface area contributed by atoms with Gasteiger partial charge < -0.3 is 10.2 Å². The molecule has 0 fully saturated rings. The Kier molecular flexibility index (Phi) is 2.95. The third-order valence-corrected chi connectivity index (χ3v) is 2.93. The molecule has 1 heterocycles. The molecule has 0 spiro atoms. The summed E-state index contributed by atoms with van der Waals surface area (Å²) in [5.74, 6) is 0.0337. The Hall–Kier alpha value is -1.04. The molecular formula is C11H11IN2O. The fraction of sp³-hybridized carbons (Fsp3) is 0.182. The fourth-order valence-electron chi connectivity index (χ4n) is 1.65. The first-order chi connectivity index (χ1) is 7.20. The molecule has 0 unspecified atom stereocenters. The number of hydrogen-bond donors (Lipinski definition) is 1. The zero-order valence-electron chi connectivity index (χ0n) is 8.16. The number of nitrogens with zero attached hydrogens (tertiary/aromatic N) is 1. The van der Waals surface area contributed by atoms with Gasteiger partial charge in [0.25, 0.3) is 0 Å². The minimum absolute atomic E-state index is 0.0337. The van der Waals surface area contributed by atoms with E-state index >= 15 is 0 Å². The minimum atomic E-state index is 0.0337. The van der Waals surface area contributed by atoms with Crippen LogP contribution >= 0.6 is 22.6 Å². The highest BCUT2D eigenvalue weighted by Gasteiger charge is 2.20. The Bertz CT molecular complexity index is 417. The van der Waals surface area contributed by atoms with Crippen LogP contribution in [0.15, 0.2) is 30.9 Å². The summed E-state index contributed by atoms with van der Waals surface area (Å²) in [6.45, 7) is 4.79. The number of carbonyl (C=O) groups excluding carboxylic acids is 1. The number of halogens is 1. The van der Waals surface area contributed by atoms with Crippen molar-refractivity contribution in [2.45, 2.75) is 0 Å². The van der Waals surface area contributed by atoms with Crippen molar-refractivity contribution in [2.75, 3.05) is 23.3 Å². The molecule has 0 saturated carbocycles. The molecular weight excluding hydrogens is 303 g/mol. The van der Waals surface area contributed by atoms with Gasteiger partial charge in [-0.15, -0.1) is 6.58 Å². The summed E-state index contributed by atoms with van der Waals surface area (Å²) in [6.07, 6.45) is 1.81. The number of benzene rings is 1. The molecule has 3 nitrogen and oxygen atoms in total. The van der Waals surface area contributed by atoms with Gasteiger partial charge in [0.1, 0.15) is 0 Å². The van der Waals surface area contributed by atoms with E-state index < -0.39 is 0 Å². The Morgan fingerprint density at radius 3 is 3.13 bits per heavy atom. The Morgan fingerprint density at radius 1 is 1.60 bits per heavy atom. The van der Waals surface area contributed by atoms with Crippen molar-refractivity contribution < 1.29 is 4.79 Å². The smallest absolute Gasteiger partial charge is 0.243 e. The lowest BCUT2D eigenvalue weighted by atomic mass is 10.2. The highest BCUT2D eigenvalue weighted by atomic mass is 127. The summed E-state index contributed by atoms with van der Waals surface area (Å²) < 4.78 is 1.12. The second kappa shape index (κ2) is 4.22. The van der Waals surface area contributed by atoms with E-state index in [9.17, 15) is 4.79 Å². The standard InChI is InChI=1S/C11H11IN2O/c1-2-5-14-7-11(15)13-9-6-8(12)3-4-10(9)14/h2-4,6H,1,5,7H2,(H,13,15). The van der Waals surface area contributed by atoms with Crippen LogP contribution in [-0.2, 0) is 4.79 Å². The SMILES string of the molecule is C=CCN1CC(=O)Nc2cc(I)ccc21. The van der Waals surface area contributed by atoms with Crippen molar-refractivity contribution in [3.05, 3.63) is 34.4 Å². The average Bonchev–Trinajstić information content (AvgIpc) is 2.17. The third-order valence-electron chi connectivity index (χ3n) is 2.26. The van der Waals surface area contributed by atoms with E-state index in [2.05, 4.69) is 34.5 Å². The molecule has 0 saturated heterocycles. The topological polar surface area (TPSA) is 32.3 Å². The number of carbonyl (C=O) groups is 1. The molecule has 0 atom stereocenters. The number of rotatable bonds is 2. The van der Waals surface area contributed by atoms with E-state index in [0.717, 1.165) is 14.9 Å². The van der Waals surface area contributed by atoms with Crippen LogP contribution in [0.25, 0.3) is 0 Å².